The molecule has 0 aliphatic carbocycles. The number of carbonyl (C=O) groups is 1. The fraction of sp³-hybridized carbons (Fsp3) is 0.433. The van der Waals surface area contributed by atoms with Gasteiger partial charge in [-0.25, -0.2) is 0 Å². The maximum absolute atomic E-state index is 12.9. The summed E-state index contributed by atoms with van der Waals surface area (Å²) in [6.07, 6.45) is 7.96. The molecule has 4 heteroatoms. The van der Waals surface area contributed by atoms with E-state index in [1.807, 2.05) is 6.08 Å². The van der Waals surface area contributed by atoms with Crippen molar-refractivity contribution in [3.8, 4) is 0 Å². The third-order valence-electron chi connectivity index (χ3n) is 7.04. The number of hydrogen-bond acceptors (Lipinski definition) is 3. The number of aryl methyl sites for hydroxylation is 1. The first-order chi connectivity index (χ1) is 16.5. The number of ketones is 1. The highest BCUT2D eigenvalue weighted by Gasteiger charge is 2.21. The molecule has 1 fully saturated rings. The van der Waals surface area contributed by atoms with E-state index in [-0.39, 0.29) is 5.78 Å². The van der Waals surface area contributed by atoms with Gasteiger partial charge in [0.25, 0.3) is 0 Å². The SMILES string of the molecule is Cc1c(/C=C/C(=O)CC2CCCN(Cc3ccccc3)C2)c2ccccc2n1CCCN(C)C. The molecule has 4 nitrogen and oxygen atoms in total. The first kappa shape index (κ1) is 24.4. The van der Waals surface area contributed by atoms with Crippen molar-refractivity contribution in [3.63, 3.8) is 0 Å². The smallest absolute Gasteiger partial charge is 0.156 e. The lowest BCUT2D eigenvalue weighted by molar-refractivity contribution is -0.115. The van der Waals surface area contributed by atoms with Crippen molar-refractivity contribution in [2.75, 3.05) is 33.7 Å². The summed E-state index contributed by atoms with van der Waals surface area (Å²) in [6.45, 7) is 7.36. The predicted octanol–water partition coefficient (Wildman–Crippen LogP) is 5.79. The summed E-state index contributed by atoms with van der Waals surface area (Å²) in [5, 5.41) is 1.24. The fourth-order valence-electron chi connectivity index (χ4n) is 5.33. The first-order valence-corrected chi connectivity index (χ1v) is 12.7. The van der Waals surface area contributed by atoms with E-state index in [1.165, 1.54) is 34.1 Å². The van der Waals surface area contributed by atoms with E-state index < -0.39 is 0 Å². The highest BCUT2D eigenvalue weighted by Crippen LogP contribution is 2.28. The molecule has 180 valence electrons. The van der Waals surface area contributed by atoms with Crippen LogP contribution >= 0.6 is 0 Å². The molecule has 34 heavy (non-hydrogen) atoms. The fourth-order valence-corrected chi connectivity index (χ4v) is 5.33. The van der Waals surface area contributed by atoms with Crippen LogP contribution in [0, 0.1) is 12.8 Å². The largest absolute Gasteiger partial charge is 0.344 e. The maximum Gasteiger partial charge on any atom is 0.156 e. The van der Waals surface area contributed by atoms with Gasteiger partial charge in [0.05, 0.1) is 0 Å². The molecule has 1 aliphatic heterocycles. The Balaban J connectivity index is 1.40. The molecule has 0 saturated carbocycles. The minimum atomic E-state index is 0.246. The van der Waals surface area contributed by atoms with Gasteiger partial charge in [-0.05, 0) is 83.1 Å². The highest BCUT2D eigenvalue weighted by atomic mass is 16.1. The number of benzene rings is 2. The summed E-state index contributed by atoms with van der Waals surface area (Å²) in [4.78, 5) is 17.7. The zero-order valence-corrected chi connectivity index (χ0v) is 21.0. The van der Waals surface area contributed by atoms with Crippen molar-refractivity contribution in [2.45, 2.75) is 45.7 Å². The van der Waals surface area contributed by atoms with Crippen LogP contribution in [0.15, 0.2) is 60.7 Å². The van der Waals surface area contributed by atoms with Crippen LogP contribution in [0.2, 0.25) is 0 Å². The maximum atomic E-state index is 12.9. The number of nitrogens with zero attached hydrogens (tertiary/aromatic N) is 3. The normalized spacial score (nSPS) is 17.2. The first-order valence-electron chi connectivity index (χ1n) is 12.7. The molecule has 2 aromatic carbocycles. The zero-order chi connectivity index (χ0) is 23.9. The van der Waals surface area contributed by atoms with E-state index >= 15 is 0 Å². The van der Waals surface area contributed by atoms with Crippen LogP contribution in [0.1, 0.15) is 42.5 Å². The van der Waals surface area contributed by atoms with Crippen LogP contribution in [0.25, 0.3) is 17.0 Å². The second-order valence-corrected chi connectivity index (χ2v) is 10.1. The number of carbonyl (C=O) groups excluding carboxylic acids is 1. The van der Waals surface area contributed by atoms with Crippen LogP contribution in [-0.4, -0.2) is 53.9 Å². The van der Waals surface area contributed by atoms with Crippen LogP contribution in [0.5, 0.6) is 0 Å². The minimum absolute atomic E-state index is 0.246. The lowest BCUT2D eigenvalue weighted by Gasteiger charge is -2.32. The van der Waals surface area contributed by atoms with E-state index in [9.17, 15) is 4.79 Å². The number of fused-ring (bicyclic) bond motifs is 1. The molecular formula is C30H39N3O. The summed E-state index contributed by atoms with van der Waals surface area (Å²) < 4.78 is 2.41. The third-order valence-corrected chi connectivity index (χ3v) is 7.04. The summed E-state index contributed by atoms with van der Waals surface area (Å²) >= 11 is 0. The monoisotopic (exact) mass is 457 g/mol. The molecule has 1 aliphatic rings. The Morgan fingerprint density at radius 1 is 1.09 bits per heavy atom. The molecule has 0 N–H and O–H groups in total. The van der Waals surface area contributed by atoms with Crippen molar-refractivity contribution in [3.05, 3.63) is 77.5 Å². The molecule has 1 aromatic heterocycles. The van der Waals surface area contributed by atoms with E-state index in [4.69, 9.17) is 0 Å². The zero-order valence-electron chi connectivity index (χ0n) is 21.0. The molecule has 0 spiro atoms. The highest BCUT2D eigenvalue weighted by molar-refractivity contribution is 5.98. The lowest BCUT2D eigenvalue weighted by atomic mass is 9.92. The van der Waals surface area contributed by atoms with Gasteiger partial charge in [-0.1, -0.05) is 48.5 Å². The van der Waals surface area contributed by atoms with Gasteiger partial charge in [-0.2, -0.15) is 0 Å². The molecule has 2 heterocycles. The Kier molecular flexibility index (Phi) is 8.36. The number of likely N-dealkylation sites (tertiary alicyclic amines) is 1. The van der Waals surface area contributed by atoms with Gasteiger partial charge in [0.2, 0.25) is 0 Å². The summed E-state index contributed by atoms with van der Waals surface area (Å²) in [6, 6.07) is 19.2. The van der Waals surface area contributed by atoms with Crippen LogP contribution in [0.3, 0.4) is 0 Å². The van der Waals surface area contributed by atoms with Crippen LogP contribution < -0.4 is 0 Å². The van der Waals surface area contributed by atoms with E-state index in [0.717, 1.165) is 45.6 Å². The molecule has 1 saturated heterocycles. The summed E-state index contributed by atoms with van der Waals surface area (Å²) in [5.41, 5.74) is 5.04. The standard InChI is InChI=1S/C30H39N3O/c1-24-28(29-14-7-8-15-30(29)33(24)20-10-18-31(2)3)17-16-27(34)21-26-13-9-19-32(23-26)22-25-11-5-4-6-12-25/h4-8,11-12,14-17,26H,9-10,13,18-23H2,1-3H3/b17-16+. The molecule has 1 unspecified atom stereocenters. The van der Waals surface area contributed by atoms with Crippen LogP contribution in [-0.2, 0) is 17.9 Å². The average Bonchev–Trinajstić information content (AvgIpc) is 3.09. The van der Waals surface area contributed by atoms with Crippen molar-refractivity contribution in [1.29, 1.82) is 0 Å². The van der Waals surface area contributed by atoms with Gasteiger partial charge in [-0.15, -0.1) is 0 Å². The molecule has 3 aromatic rings. The Hall–Kier alpha value is -2.69. The lowest BCUT2D eigenvalue weighted by Crippen LogP contribution is -2.35. The van der Waals surface area contributed by atoms with Crippen molar-refractivity contribution < 1.29 is 4.79 Å². The number of piperidine rings is 1. The van der Waals surface area contributed by atoms with E-state index in [2.05, 4.69) is 96.1 Å². The van der Waals surface area contributed by atoms with Gasteiger partial charge in [0.15, 0.2) is 5.78 Å². The second kappa shape index (κ2) is 11.6. The molecule has 1 atom stereocenters. The second-order valence-electron chi connectivity index (χ2n) is 10.1. The van der Waals surface area contributed by atoms with Crippen molar-refractivity contribution in [1.82, 2.24) is 14.4 Å². The topological polar surface area (TPSA) is 28.5 Å². The Morgan fingerprint density at radius 3 is 2.65 bits per heavy atom. The summed E-state index contributed by atoms with van der Waals surface area (Å²) in [7, 11) is 4.24. The number of rotatable bonds is 10. The third kappa shape index (κ3) is 6.25. The van der Waals surface area contributed by atoms with Crippen LogP contribution in [0.4, 0.5) is 0 Å². The average molecular weight is 458 g/mol. The van der Waals surface area contributed by atoms with Gasteiger partial charge in [0.1, 0.15) is 0 Å². The van der Waals surface area contributed by atoms with Crippen molar-refractivity contribution in [2.24, 2.45) is 5.92 Å². The molecule has 4 rings (SSSR count). The Bertz CT molecular complexity index is 1110. The number of para-hydroxylation sites is 1. The number of allylic oxidation sites excluding steroid dienone is 1. The molecule has 0 radical (unpaired) electrons. The summed E-state index contributed by atoms with van der Waals surface area (Å²) in [5.74, 6) is 0.693. The van der Waals surface area contributed by atoms with Gasteiger partial charge < -0.3 is 9.47 Å². The van der Waals surface area contributed by atoms with E-state index in [0.29, 0.717) is 12.3 Å². The molecule has 0 bridgehead atoms. The predicted molar refractivity (Wildman–Crippen MR) is 143 cm³/mol. The van der Waals surface area contributed by atoms with Gasteiger partial charge >= 0.3 is 0 Å². The quantitative estimate of drug-likeness (QED) is 0.361. The van der Waals surface area contributed by atoms with E-state index in [1.54, 1.807) is 0 Å². The Morgan fingerprint density at radius 2 is 1.85 bits per heavy atom. The van der Waals surface area contributed by atoms with Gasteiger partial charge in [-0.3, -0.25) is 9.69 Å². The molecular weight excluding hydrogens is 418 g/mol. The van der Waals surface area contributed by atoms with Gasteiger partial charge in [0, 0.05) is 48.2 Å². The minimum Gasteiger partial charge on any atom is -0.344 e. The van der Waals surface area contributed by atoms with Crippen molar-refractivity contribution >= 4 is 22.8 Å². The number of aromatic nitrogens is 1. The Labute approximate surface area is 204 Å². The molecule has 0 amide bonds. The number of hydrogen-bond donors (Lipinski definition) is 0.